The van der Waals surface area contributed by atoms with Crippen LogP contribution in [0.15, 0.2) is 18.2 Å². The van der Waals surface area contributed by atoms with E-state index >= 15 is 0 Å². The summed E-state index contributed by atoms with van der Waals surface area (Å²) in [4.78, 5) is 15.3. The van der Waals surface area contributed by atoms with Gasteiger partial charge in [0.15, 0.2) is 4.77 Å². The van der Waals surface area contributed by atoms with Crippen LogP contribution in [0.5, 0.6) is 0 Å². The summed E-state index contributed by atoms with van der Waals surface area (Å²) in [5.74, 6) is -0.0353. The van der Waals surface area contributed by atoms with Gasteiger partial charge in [0.1, 0.15) is 6.04 Å². The number of carbonyl (C=O) groups is 1. The molecule has 20 heavy (non-hydrogen) atoms. The molecule has 0 aliphatic heterocycles. The molecule has 1 aliphatic rings. The fraction of sp³-hybridized carbons (Fsp3) is 0.357. The van der Waals surface area contributed by atoms with Crippen molar-refractivity contribution in [3.05, 3.63) is 28.5 Å². The number of aromatic amines is 1. The lowest BCUT2D eigenvalue weighted by Gasteiger charge is -2.14. The van der Waals surface area contributed by atoms with Gasteiger partial charge in [0.05, 0.1) is 22.7 Å². The number of fused-ring (bicyclic) bond motifs is 1. The van der Waals surface area contributed by atoms with Crippen molar-refractivity contribution in [3.63, 3.8) is 0 Å². The van der Waals surface area contributed by atoms with Crippen LogP contribution in [0.2, 0.25) is 0 Å². The van der Waals surface area contributed by atoms with Crippen molar-refractivity contribution in [2.75, 3.05) is 0 Å². The first-order valence-corrected chi connectivity index (χ1v) is 6.95. The molecule has 2 N–H and O–H groups in total. The van der Waals surface area contributed by atoms with Crippen molar-refractivity contribution in [2.45, 2.75) is 31.8 Å². The maximum Gasteiger partial charge on any atom is 0.243 e. The Hall–Kier alpha value is -2.13. The van der Waals surface area contributed by atoms with Gasteiger partial charge >= 0.3 is 0 Å². The van der Waals surface area contributed by atoms with Crippen LogP contribution in [0.1, 0.15) is 31.4 Å². The Morgan fingerprint density at radius 3 is 3.00 bits per heavy atom. The van der Waals surface area contributed by atoms with E-state index in [1.165, 1.54) is 0 Å². The average Bonchev–Trinajstić information content (AvgIpc) is 3.18. The minimum Gasteiger partial charge on any atom is -0.352 e. The van der Waals surface area contributed by atoms with Crippen molar-refractivity contribution in [1.29, 1.82) is 5.26 Å². The lowest BCUT2D eigenvalue weighted by molar-refractivity contribution is -0.123. The zero-order valence-corrected chi connectivity index (χ0v) is 11.8. The van der Waals surface area contributed by atoms with Gasteiger partial charge < -0.3 is 14.9 Å². The van der Waals surface area contributed by atoms with E-state index in [1.807, 2.05) is 13.0 Å². The maximum absolute atomic E-state index is 12.2. The SMILES string of the molecule is CC(C(=O)NC1CC1)n1c(=S)[nH]c2ccc(C#N)cc21. The first-order valence-electron chi connectivity index (χ1n) is 6.55. The Balaban J connectivity index is 2.04. The fourth-order valence-corrected chi connectivity index (χ4v) is 2.61. The van der Waals surface area contributed by atoms with E-state index < -0.39 is 6.04 Å². The molecule has 0 saturated heterocycles. The van der Waals surface area contributed by atoms with Gasteiger partial charge in [-0.25, -0.2) is 0 Å². The number of aromatic nitrogens is 2. The number of amides is 1. The minimum atomic E-state index is -0.397. The molecule has 1 aromatic heterocycles. The van der Waals surface area contributed by atoms with Crippen molar-refractivity contribution >= 4 is 29.2 Å². The van der Waals surface area contributed by atoms with Crippen LogP contribution in [0.25, 0.3) is 11.0 Å². The highest BCUT2D eigenvalue weighted by atomic mass is 32.1. The maximum atomic E-state index is 12.2. The summed E-state index contributed by atoms with van der Waals surface area (Å²) in [7, 11) is 0. The van der Waals surface area contributed by atoms with Gasteiger partial charge in [0.2, 0.25) is 5.91 Å². The van der Waals surface area contributed by atoms with Crippen LogP contribution < -0.4 is 5.32 Å². The second kappa shape index (κ2) is 4.76. The van der Waals surface area contributed by atoms with E-state index in [9.17, 15) is 4.79 Å². The molecule has 0 bridgehead atoms. The number of nitrogens with zero attached hydrogens (tertiary/aromatic N) is 2. The molecule has 102 valence electrons. The number of H-pyrrole nitrogens is 1. The molecule has 1 heterocycles. The van der Waals surface area contributed by atoms with Crippen molar-refractivity contribution in [3.8, 4) is 6.07 Å². The Kier molecular flexibility index (Phi) is 3.07. The molecule has 1 aromatic carbocycles. The Bertz CT molecular complexity index is 779. The van der Waals surface area contributed by atoms with Gasteiger partial charge in [-0.2, -0.15) is 5.26 Å². The van der Waals surface area contributed by atoms with E-state index in [4.69, 9.17) is 17.5 Å². The Morgan fingerprint density at radius 1 is 1.60 bits per heavy atom. The standard InChI is InChI=1S/C14H14N4OS/c1-8(13(19)16-10-3-4-10)18-12-6-9(7-15)2-5-11(12)17-14(18)20/h2,5-6,8,10H,3-4H2,1H3,(H,16,19)(H,17,20). The third-order valence-corrected chi connectivity index (χ3v) is 3.84. The number of hydrogen-bond acceptors (Lipinski definition) is 3. The average molecular weight is 286 g/mol. The predicted molar refractivity (Wildman–Crippen MR) is 77.7 cm³/mol. The van der Waals surface area contributed by atoms with E-state index in [-0.39, 0.29) is 5.91 Å². The van der Waals surface area contributed by atoms with E-state index in [0.717, 1.165) is 23.9 Å². The highest BCUT2D eigenvalue weighted by Crippen LogP contribution is 2.23. The molecule has 1 unspecified atom stereocenters. The van der Waals surface area contributed by atoms with Crippen LogP contribution in [0.3, 0.4) is 0 Å². The number of hydrogen-bond donors (Lipinski definition) is 2. The lowest BCUT2D eigenvalue weighted by atomic mass is 10.2. The van der Waals surface area contributed by atoms with Gasteiger partial charge in [-0.1, -0.05) is 0 Å². The third kappa shape index (κ3) is 2.21. The summed E-state index contributed by atoms with van der Waals surface area (Å²) in [6.45, 7) is 1.82. The topological polar surface area (TPSA) is 73.6 Å². The second-order valence-corrected chi connectivity index (χ2v) is 5.49. The van der Waals surface area contributed by atoms with E-state index in [0.29, 0.717) is 16.4 Å². The third-order valence-electron chi connectivity index (χ3n) is 3.54. The zero-order chi connectivity index (χ0) is 14.3. The summed E-state index contributed by atoms with van der Waals surface area (Å²) in [5, 5.41) is 12.0. The molecule has 5 nitrogen and oxygen atoms in total. The number of nitriles is 1. The highest BCUT2D eigenvalue weighted by Gasteiger charge is 2.27. The monoisotopic (exact) mass is 286 g/mol. The van der Waals surface area contributed by atoms with Gasteiger partial charge in [0.25, 0.3) is 0 Å². The zero-order valence-electron chi connectivity index (χ0n) is 11.0. The van der Waals surface area contributed by atoms with Gasteiger partial charge in [-0.15, -0.1) is 0 Å². The number of imidazole rings is 1. The highest BCUT2D eigenvalue weighted by molar-refractivity contribution is 7.71. The van der Waals surface area contributed by atoms with Crippen molar-refractivity contribution < 1.29 is 4.79 Å². The Labute approximate surface area is 121 Å². The molecule has 0 radical (unpaired) electrons. The minimum absolute atomic E-state index is 0.0353. The molecule has 1 saturated carbocycles. The van der Waals surface area contributed by atoms with Crippen LogP contribution in [-0.2, 0) is 4.79 Å². The molecule has 1 fully saturated rings. The molecule has 2 aromatic rings. The number of carbonyl (C=O) groups excluding carboxylic acids is 1. The number of nitrogens with one attached hydrogen (secondary N) is 2. The predicted octanol–water partition coefficient (Wildman–Crippen LogP) is 2.41. The first-order chi connectivity index (χ1) is 9.60. The first kappa shape index (κ1) is 12.9. The van der Waals surface area contributed by atoms with E-state index in [1.54, 1.807) is 16.7 Å². The van der Waals surface area contributed by atoms with Gasteiger partial charge in [-0.05, 0) is 50.2 Å². The smallest absolute Gasteiger partial charge is 0.243 e. The summed E-state index contributed by atoms with van der Waals surface area (Å²) in [5.41, 5.74) is 2.17. The molecular formula is C14H14N4OS. The molecule has 1 aliphatic carbocycles. The summed E-state index contributed by atoms with van der Waals surface area (Å²) in [6, 6.07) is 7.32. The van der Waals surface area contributed by atoms with Crippen molar-refractivity contribution in [1.82, 2.24) is 14.9 Å². The molecule has 1 amide bonds. The second-order valence-electron chi connectivity index (χ2n) is 5.10. The van der Waals surface area contributed by atoms with Crippen LogP contribution in [0, 0.1) is 16.1 Å². The number of benzene rings is 1. The number of rotatable bonds is 3. The quantitative estimate of drug-likeness (QED) is 0.851. The van der Waals surface area contributed by atoms with Gasteiger partial charge in [-0.3, -0.25) is 4.79 Å². The molecule has 3 rings (SSSR count). The van der Waals surface area contributed by atoms with Crippen molar-refractivity contribution in [2.24, 2.45) is 0 Å². The van der Waals surface area contributed by atoms with Gasteiger partial charge in [0, 0.05) is 6.04 Å². The summed E-state index contributed by atoms with van der Waals surface area (Å²) >= 11 is 5.30. The van der Waals surface area contributed by atoms with Crippen LogP contribution in [0.4, 0.5) is 0 Å². The normalized spacial score (nSPS) is 15.8. The van der Waals surface area contributed by atoms with E-state index in [2.05, 4.69) is 16.4 Å². The Morgan fingerprint density at radius 2 is 2.35 bits per heavy atom. The van der Waals surface area contributed by atoms with Crippen LogP contribution in [-0.4, -0.2) is 21.5 Å². The summed E-state index contributed by atoms with van der Waals surface area (Å²) in [6.07, 6.45) is 2.10. The molecule has 0 spiro atoms. The largest absolute Gasteiger partial charge is 0.352 e. The fourth-order valence-electron chi connectivity index (χ4n) is 2.24. The molecule has 6 heteroatoms. The molecule has 1 atom stereocenters. The lowest BCUT2D eigenvalue weighted by Crippen LogP contribution is -2.32. The molecular weight excluding hydrogens is 272 g/mol. The van der Waals surface area contributed by atoms with Crippen LogP contribution >= 0.6 is 12.2 Å². The summed E-state index contributed by atoms with van der Waals surface area (Å²) < 4.78 is 2.26.